The highest BCUT2D eigenvalue weighted by molar-refractivity contribution is 6.08. The highest BCUT2D eigenvalue weighted by atomic mass is 16.5. The van der Waals surface area contributed by atoms with Crippen LogP contribution in [0.1, 0.15) is 15.9 Å². The standard InChI is InChI=1S/C21H18NO3/c22-18-8-12-20(13-9-18)25-15-14-24-19-10-6-17(7-11-19)21(23)16-4-2-1-3-5-16/h1-13,22H,14-15H2. The quantitative estimate of drug-likeness (QED) is 0.479. The fourth-order valence-corrected chi connectivity index (χ4v) is 2.33. The highest BCUT2D eigenvalue weighted by Gasteiger charge is 2.08. The number of benzene rings is 3. The van der Waals surface area contributed by atoms with Crippen LogP contribution in [0.5, 0.6) is 11.5 Å². The van der Waals surface area contributed by atoms with Gasteiger partial charge >= 0.3 is 0 Å². The summed E-state index contributed by atoms with van der Waals surface area (Å²) in [5.74, 6) is 1.39. The second-order valence-corrected chi connectivity index (χ2v) is 5.44. The normalized spacial score (nSPS) is 10.2. The number of carbonyl (C=O) groups is 1. The Bertz CT molecular complexity index is 812. The molecule has 1 radical (unpaired) electrons. The van der Waals surface area contributed by atoms with Gasteiger partial charge in [-0.1, -0.05) is 30.3 Å². The molecular formula is C21H18NO3. The molecule has 1 N–H and O–H groups in total. The summed E-state index contributed by atoms with van der Waals surface area (Å²) in [6, 6.07) is 23.2. The molecular weight excluding hydrogens is 314 g/mol. The Morgan fingerprint density at radius 3 is 1.72 bits per heavy atom. The summed E-state index contributed by atoms with van der Waals surface area (Å²) < 4.78 is 11.2. The average molecular weight is 332 g/mol. The molecule has 4 nitrogen and oxygen atoms in total. The molecule has 3 rings (SSSR count). The van der Waals surface area contributed by atoms with Gasteiger partial charge in [-0.3, -0.25) is 4.79 Å². The molecule has 0 saturated carbocycles. The SMILES string of the molecule is [NH]c1ccc(OCCOc2ccc(C(=O)c3ccccc3)cc2)cc1. The van der Waals surface area contributed by atoms with Crippen molar-refractivity contribution >= 4 is 11.5 Å². The van der Waals surface area contributed by atoms with Crippen molar-refractivity contribution in [3.8, 4) is 11.5 Å². The molecule has 0 spiro atoms. The molecule has 0 atom stereocenters. The molecule has 0 saturated heterocycles. The van der Waals surface area contributed by atoms with E-state index in [1.165, 1.54) is 0 Å². The summed E-state index contributed by atoms with van der Waals surface area (Å²) in [4.78, 5) is 12.3. The van der Waals surface area contributed by atoms with Crippen molar-refractivity contribution < 1.29 is 14.3 Å². The molecule has 0 amide bonds. The van der Waals surface area contributed by atoms with Crippen molar-refractivity contribution in [3.63, 3.8) is 0 Å². The van der Waals surface area contributed by atoms with Crippen LogP contribution in [0.15, 0.2) is 78.9 Å². The summed E-state index contributed by atoms with van der Waals surface area (Å²) >= 11 is 0. The van der Waals surface area contributed by atoms with Gasteiger partial charge < -0.3 is 15.2 Å². The number of nitrogens with one attached hydrogen (secondary N) is 1. The Morgan fingerprint density at radius 2 is 1.16 bits per heavy atom. The predicted octanol–water partition coefficient (Wildman–Crippen LogP) is 4.29. The Kier molecular flexibility index (Phi) is 5.32. The van der Waals surface area contributed by atoms with Gasteiger partial charge in [0.2, 0.25) is 0 Å². The van der Waals surface area contributed by atoms with E-state index in [4.69, 9.17) is 15.2 Å². The lowest BCUT2D eigenvalue weighted by Gasteiger charge is -2.09. The molecule has 0 bridgehead atoms. The monoisotopic (exact) mass is 332 g/mol. The molecule has 4 heteroatoms. The van der Waals surface area contributed by atoms with Crippen LogP contribution in [0.25, 0.3) is 0 Å². The first-order valence-electron chi connectivity index (χ1n) is 7.99. The number of hydrogen-bond acceptors (Lipinski definition) is 3. The first kappa shape index (κ1) is 16.6. The first-order valence-corrected chi connectivity index (χ1v) is 7.99. The van der Waals surface area contributed by atoms with Gasteiger partial charge in [-0.2, -0.15) is 0 Å². The maximum Gasteiger partial charge on any atom is 0.193 e. The van der Waals surface area contributed by atoms with Gasteiger partial charge in [0, 0.05) is 11.1 Å². The van der Waals surface area contributed by atoms with E-state index in [1.54, 1.807) is 60.7 Å². The summed E-state index contributed by atoms with van der Waals surface area (Å²) in [5.41, 5.74) is 9.17. The molecule has 0 aliphatic heterocycles. The zero-order chi connectivity index (χ0) is 17.5. The average Bonchev–Trinajstić information content (AvgIpc) is 2.67. The maximum atomic E-state index is 12.3. The van der Waals surface area contributed by atoms with E-state index in [0.717, 1.165) is 0 Å². The summed E-state index contributed by atoms with van der Waals surface area (Å²) in [5, 5.41) is 0. The topological polar surface area (TPSA) is 59.3 Å². The Labute approximate surface area is 146 Å². The zero-order valence-electron chi connectivity index (χ0n) is 13.6. The fourth-order valence-electron chi connectivity index (χ4n) is 2.33. The predicted molar refractivity (Wildman–Crippen MR) is 96.5 cm³/mol. The van der Waals surface area contributed by atoms with Gasteiger partial charge in [0.25, 0.3) is 0 Å². The van der Waals surface area contributed by atoms with Crippen LogP contribution in [0, 0.1) is 0 Å². The van der Waals surface area contributed by atoms with Crippen LogP contribution in [-0.4, -0.2) is 19.0 Å². The van der Waals surface area contributed by atoms with Crippen LogP contribution in [0.2, 0.25) is 0 Å². The number of carbonyl (C=O) groups excluding carboxylic acids is 1. The van der Waals surface area contributed by atoms with Crippen molar-refractivity contribution in [2.24, 2.45) is 0 Å². The lowest BCUT2D eigenvalue weighted by molar-refractivity contribution is 0.103. The van der Waals surface area contributed by atoms with Crippen LogP contribution in [-0.2, 0) is 0 Å². The lowest BCUT2D eigenvalue weighted by atomic mass is 10.0. The minimum atomic E-state index is -0.00618. The summed E-state index contributed by atoms with van der Waals surface area (Å²) in [7, 11) is 0. The van der Waals surface area contributed by atoms with E-state index in [1.807, 2.05) is 18.2 Å². The van der Waals surface area contributed by atoms with Crippen molar-refractivity contribution in [1.29, 1.82) is 0 Å². The van der Waals surface area contributed by atoms with Crippen molar-refractivity contribution in [2.45, 2.75) is 0 Å². The van der Waals surface area contributed by atoms with Gasteiger partial charge in [-0.05, 0) is 48.5 Å². The van der Waals surface area contributed by atoms with Crippen molar-refractivity contribution in [3.05, 3.63) is 90.0 Å². The minimum Gasteiger partial charge on any atom is -0.490 e. The summed E-state index contributed by atoms with van der Waals surface area (Å²) in [6.45, 7) is 0.802. The van der Waals surface area contributed by atoms with E-state index in [0.29, 0.717) is 41.5 Å². The second-order valence-electron chi connectivity index (χ2n) is 5.44. The molecule has 3 aromatic carbocycles. The van der Waals surface area contributed by atoms with E-state index in [-0.39, 0.29) is 5.78 Å². The van der Waals surface area contributed by atoms with Crippen LogP contribution < -0.4 is 15.2 Å². The first-order chi connectivity index (χ1) is 12.2. The van der Waals surface area contributed by atoms with Gasteiger partial charge in [-0.15, -0.1) is 0 Å². The number of rotatable bonds is 7. The second kappa shape index (κ2) is 8.02. The van der Waals surface area contributed by atoms with E-state index in [9.17, 15) is 4.79 Å². The van der Waals surface area contributed by atoms with Crippen LogP contribution >= 0.6 is 0 Å². The van der Waals surface area contributed by atoms with E-state index < -0.39 is 0 Å². The van der Waals surface area contributed by atoms with Crippen molar-refractivity contribution in [1.82, 2.24) is 5.73 Å². The molecule has 0 unspecified atom stereocenters. The van der Waals surface area contributed by atoms with Gasteiger partial charge in [-0.25, -0.2) is 0 Å². The molecule has 0 heterocycles. The van der Waals surface area contributed by atoms with Gasteiger partial charge in [0.1, 0.15) is 24.7 Å². The Balaban J connectivity index is 1.49. The summed E-state index contributed by atoms with van der Waals surface area (Å²) in [6.07, 6.45) is 0. The molecule has 0 aliphatic carbocycles. The lowest BCUT2D eigenvalue weighted by Crippen LogP contribution is -2.09. The third kappa shape index (κ3) is 4.61. The number of hydrogen-bond donors (Lipinski definition) is 0. The molecule has 3 aromatic rings. The van der Waals surface area contributed by atoms with Crippen LogP contribution in [0.4, 0.5) is 5.69 Å². The molecule has 125 valence electrons. The molecule has 0 fully saturated rings. The third-order valence-corrected chi connectivity index (χ3v) is 3.63. The van der Waals surface area contributed by atoms with Gasteiger partial charge in [0.15, 0.2) is 5.78 Å². The minimum absolute atomic E-state index is 0.00618. The number of ketones is 1. The van der Waals surface area contributed by atoms with Gasteiger partial charge in [0.05, 0.1) is 5.69 Å². The fraction of sp³-hybridized carbons (Fsp3) is 0.0952. The third-order valence-electron chi connectivity index (χ3n) is 3.63. The number of ether oxygens (including phenoxy) is 2. The molecule has 25 heavy (non-hydrogen) atoms. The van der Waals surface area contributed by atoms with Crippen molar-refractivity contribution in [2.75, 3.05) is 13.2 Å². The smallest absolute Gasteiger partial charge is 0.193 e. The van der Waals surface area contributed by atoms with E-state index >= 15 is 0 Å². The molecule has 0 aromatic heterocycles. The Morgan fingerprint density at radius 1 is 0.680 bits per heavy atom. The van der Waals surface area contributed by atoms with E-state index in [2.05, 4.69) is 0 Å². The Hall–Kier alpha value is -3.27. The maximum absolute atomic E-state index is 12.3. The largest absolute Gasteiger partial charge is 0.490 e. The highest BCUT2D eigenvalue weighted by Crippen LogP contribution is 2.16. The zero-order valence-corrected chi connectivity index (χ0v) is 13.6. The molecule has 0 aliphatic rings. The van der Waals surface area contributed by atoms with Crippen LogP contribution in [0.3, 0.4) is 0 Å².